The molecule has 1 aromatic heterocycles. The third-order valence-corrected chi connectivity index (χ3v) is 7.31. The van der Waals surface area contributed by atoms with E-state index >= 15 is 0 Å². The highest BCUT2D eigenvalue weighted by Gasteiger charge is 2.17. The minimum absolute atomic E-state index is 0.246. The monoisotopic (exact) mass is 572 g/mol. The second-order valence-electron chi connectivity index (χ2n) is 10.1. The van der Waals surface area contributed by atoms with Gasteiger partial charge in [-0.2, -0.15) is 4.98 Å². The number of benzene rings is 3. The van der Waals surface area contributed by atoms with Crippen molar-refractivity contribution in [3.63, 3.8) is 0 Å². The molecule has 11 heteroatoms. The van der Waals surface area contributed by atoms with Crippen molar-refractivity contribution in [3.05, 3.63) is 78.2 Å². The Kier molecular flexibility index (Phi) is 8.69. The van der Waals surface area contributed by atoms with Crippen LogP contribution in [0.25, 0.3) is 10.8 Å². The predicted molar refractivity (Wildman–Crippen MR) is 159 cm³/mol. The predicted octanol–water partition coefficient (Wildman–Crippen LogP) is 4.39. The molecule has 218 valence electrons. The van der Waals surface area contributed by atoms with Crippen molar-refractivity contribution in [3.8, 4) is 11.6 Å². The number of amides is 1. The van der Waals surface area contributed by atoms with Gasteiger partial charge >= 0.3 is 0 Å². The quantitative estimate of drug-likeness (QED) is 0.302. The van der Waals surface area contributed by atoms with Crippen molar-refractivity contribution >= 4 is 34.0 Å². The zero-order valence-electron chi connectivity index (χ0n) is 23.2. The summed E-state index contributed by atoms with van der Waals surface area (Å²) in [7, 11) is 0. The van der Waals surface area contributed by atoms with Gasteiger partial charge in [0.05, 0.1) is 26.4 Å². The van der Waals surface area contributed by atoms with Gasteiger partial charge < -0.3 is 29.7 Å². The Morgan fingerprint density at radius 2 is 1.69 bits per heavy atom. The fourth-order valence-corrected chi connectivity index (χ4v) is 5.12. The van der Waals surface area contributed by atoms with Crippen LogP contribution < -0.4 is 20.3 Å². The number of halogens is 1. The van der Waals surface area contributed by atoms with Gasteiger partial charge in [0.15, 0.2) is 0 Å². The second-order valence-corrected chi connectivity index (χ2v) is 10.1. The van der Waals surface area contributed by atoms with E-state index in [9.17, 15) is 9.18 Å². The number of morpholine rings is 2. The van der Waals surface area contributed by atoms with E-state index in [1.54, 1.807) is 30.5 Å². The SMILES string of the molecule is O=C(Nc1ccc(Oc2ccnc(NCCN3CCOCC3)n2)c2ccccc12)c1cc(F)cc(N2CCOCC2)c1. The molecule has 10 nitrogen and oxygen atoms in total. The zero-order valence-corrected chi connectivity index (χ0v) is 23.2. The summed E-state index contributed by atoms with van der Waals surface area (Å²) in [5.41, 5.74) is 1.50. The smallest absolute Gasteiger partial charge is 0.255 e. The highest BCUT2D eigenvalue weighted by Crippen LogP contribution is 2.34. The van der Waals surface area contributed by atoms with Crippen LogP contribution in [0.2, 0.25) is 0 Å². The molecule has 0 saturated carbocycles. The van der Waals surface area contributed by atoms with Crippen LogP contribution in [0.3, 0.4) is 0 Å². The first-order chi connectivity index (χ1) is 20.6. The lowest BCUT2D eigenvalue weighted by Gasteiger charge is -2.29. The van der Waals surface area contributed by atoms with E-state index in [4.69, 9.17) is 14.2 Å². The Labute approximate surface area is 243 Å². The van der Waals surface area contributed by atoms with E-state index in [0.717, 1.165) is 43.6 Å². The molecule has 0 bridgehead atoms. The third-order valence-electron chi connectivity index (χ3n) is 7.31. The van der Waals surface area contributed by atoms with Gasteiger partial charge in [0.2, 0.25) is 11.8 Å². The van der Waals surface area contributed by atoms with Gasteiger partial charge in [0.25, 0.3) is 5.91 Å². The number of hydrogen-bond acceptors (Lipinski definition) is 9. The van der Waals surface area contributed by atoms with Crippen molar-refractivity contribution in [2.45, 2.75) is 0 Å². The van der Waals surface area contributed by atoms with Crippen LogP contribution in [-0.2, 0) is 9.47 Å². The van der Waals surface area contributed by atoms with Gasteiger partial charge in [0, 0.05) is 79.2 Å². The van der Waals surface area contributed by atoms with Crippen LogP contribution in [0.4, 0.5) is 21.7 Å². The molecule has 0 unspecified atom stereocenters. The highest BCUT2D eigenvalue weighted by atomic mass is 19.1. The Morgan fingerprint density at radius 3 is 2.50 bits per heavy atom. The molecule has 1 amide bonds. The number of nitrogens with one attached hydrogen (secondary N) is 2. The molecule has 2 N–H and O–H groups in total. The minimum Gasteiger partial charge on any atom is -0.438 e. The molecular formula is C31H33FN6O4. The molecule has 3 aromatic carbocycles. The summed E-state index contributed by atoms with van der Waals surface area (Å²) in [6.07, 6.45) is 1.65. The summed E-state index contributed by atoms with van der Waals surface area (Å²) in [5, 5.41) is 7.80. The lowest BCUT2D eigenvalue weighted by atomic mass is 10.1. The summed E-state index contributed by atoms with van der Waals surface area (Å²) < 4.78 is 31.5. The summed E-state index contributed by atoms with van der Waals surface area (Å²) >= 11 is 0. The van der Waals surface area contributed by atoms with E-state index < -0.39 is 11.7 Å². The summed E-state index contributed by atoms with van der Waals surface area (Å²) in [5.74, 6) is 0.614. The first-order valence-electron chi connectivity index (χ1n) is 14.1. The van der Waals surface area contributed by atoms with Crippen LogP contribution in [0.15, 0.2) is 66.9 Å². The Bertz CT molecular complexity index is 1540. The van der Waals surface area contributed by atoms with E-state index in [2.05, 4.69) is 25.5 Å². The van der Waals surface area contributed by atoms with Crippen LogP contribution in [0, 0.1) is 5.82 Å². The van der Waals surface area contributed by atoms with Gasteiger partial charge in [-0.15, -0.1) is 0 Å². The number of carbonyl (C=O) groups is 1. The average Bonchev–Trinajstić information content (AvgIpc) is 3.03. The maximum atomic E-state index is 14.5. The number of ether oxygens (including phenoxy) is 3. The number of rotatable bonds is 9. The fraction of sp³-hybridized carbons (Fsp3) is 0.323. The molecule has 3 heterocycles. The third kappa shape index (κ3) is 6.76. The summed E-state index contributed by atoms with van der Waals surface area (Å²) in [4.78, 5) is 26.4. The normalized spacial score (nSPS) is 15.9. The maximum Gasteiger partial charge on any atom is 0.255 e. The Balaban J connectivity index is 1.16. The number of carbonyl (C=O) groups excluding carboxylic acids is 1. The molecule has 0 radical (unpaired) electrons. The van der Waals surface area contributed by atoms with E-state index in [-0.39, 0.29) is 5.56 Å². The van der Waals surface area contributed by atoms with Gasteiger partial charge in [0.1, 0.15) is 11.6 Å². The molecule has 2 fully saturated rings. The van der Waals surface area contributed by atoms with Crippen molar-refractivity contribution in [2.75, 3.05) is 81.2 Å². The molecule has 2 aliphatic heterocycles. The lowest BCUT2D eigenvalue weighted by Crippen LogP contribution is -2.39. The minimum atomic E-state index is -0.461. The first kappa shape index (κ1) is 27.8. The fourth-order valence-electron chi connectivity index (χ4n) is 5.12. The van der Waals surface area contributed by atoms with Gasteiger partial charge in [-0.25, -0.2) is 9.37 Å². The Hall–Kier alpha value is -4.32. The molecule has 0 aliphatic carbocycles. The van der Waals surface area contributed by atoms with Gasteiger partial charge in [-0.05, 0) is 30.3 Å². The van der Waals surface area contributed by atoms with Crippen LogP contribution in [0.5, 0.6) is 11.6 Å². The molecule has 0 atom stereocenters. The molecule has 4 aromatic rings. The molecular weight excluding hydrogens is 539 g/mol. The Morgan fingerprint density at radius 1 is 0.929 bits per heavy atom. The summed E-state index contributed by atoms with van der Waals surface area (Å²) in [6.45, 7) is 7.39. The van der Waals surface area contributed by atoms with Crippen LogP contribution in [0.1, 0.15) is 10.4 Å². The highest BCUT2D eigenvalue weighted by molar-refractivity contribution is 6.10. The standard InChI is InChI=1S/C31H33FN6O4/c32-23-19-22(20-24(21-23)38-13-17-41-18-14-38)30(39)35-27-5-6-28(26-4-2-1-3-25(26)27)42-29-7-8-33-31(36-29)34-9-10-37-11-15-40-16-12-37/h1-8,19-21H,9-18H2,(H,35,39)(H,33,34,36). The average molecular weight is 573 g/mol. The lowest BCUT2D eigenvalue weighted by molar-refractivity contribution is 0.0398. The van der Waals surface area contributed by atoms with Crippen LogP contribution >= 0.6 is 0 Å². The van der Waals surface area contributed by atoms with E-state index in [1.807, 2.05) is 29.2 Å². The molecule has 6 rings (SSSR count). The summed E-state index contributed by atoms with van der Waals surface area (Å²) in [6, 6.07) is 17.3. The number of nitrogens with zero attached hydrogens (tertiary/aromatic N) is 4. The van der Waals surface area contributed by atoms with Crippen molar-refractivity contribution < 1.29 is 23.4 Å². The second kappa shape index (κ2) is 13.1. The zero-order chi connectivity index (χ0) is 28.7. The van der Waals surface area contributed by atoms with Gasteiger partial charge in [-0.3, -0.25) is 9.69 Å². The number of hydrogen-bond donors (Lipinski definition) is 2. The first-order valence-corrected chi connectivity index (χ1v) is 14.1. The molecule has 2 saturated heterocycles. The number of aromatic nitrogens is 2. The van der Waals surface area contributed by atoms with Crippen molar-refractivity contribution in [1.29, 1.82) is 0 Å². The molecule has 0 spiro atoms. The topological polar surface area (TPSA) is 101 Å². The van der Waals surface area contributed by atoms with Crippen molar-refractivity contribution in [2.24, 2.45) is 0 Å². The van der Waals surface area contributed by atoms with E-state index in [1.165, 1.54) is 12.1 Å². The van der Waals surface area contributed by atoms with Crippen molar-refractivity contribution in [1.82, 2.24) is 14.9 Å². The van der Waals surface area contributed by atoms with Gasteiger partial charge in [-0.1, -0.05) is 24.3 Å². The van der Waals surface area contributed by atoms with E-state index in [0.29, 0.717) is 61.8 Å². The number of fused-ring (bicyclic) bond motifs is 1. The molecule has 42 heavy (non-hydrogen) atoms. The number of anilines is 3. The molecule has 2 aliphatic rings. The largest absolute Gasteiger partial charge is 0.438 e. The maximum absolute atomic E-state index is 14.5. The van der Waals surface area contributed by atoms with Crippen LogP contribution in [-0.4, -0.2) is 86.5 Å².